The summed E-state index contributed by atoms with van der Waals surface area (Å²) in [6, 6.07) is 0. The molecule has 0 unspecified atom stereocenters. The van der Waals surface area contributed by atoms with E-state index in [1.54, 1.807) is 7.11 Å². The van der Waals surface area contributed by atoms with Crippen LogP contribution in [0.2, 0.25) is 0 Å². The number of imidazole rings is 1. The Morgan fingerprint density at radius 3 is 3.00 bits per heavy atom. The van der Waals surface area contributed by atoms with Gasteiger partial charge < -0.3 is 21.7 Å². The first-order valence-electron chi connectivity index (χ1n) is 4.01. The lowest BCUT2D eigenvalue weighted by Gasteiger charge is -1.93. The summed E-state index contributed by atoms with van der Waals surface area (Å²) in [6.45, 7) is 6.19. The molecule has 0 fully saturated rings. The minimum absolute atomic E-state index is 0. The van der Waals surface area contributed by atoms with Gasteiger partial charge in [0.2, 0.25) is 6.33 Å². The maximum absolute atomic E-state index is 4.96. The average molecular weight is 247 g/mol. The topological polar surface area (TPSA) is 18.0 Å². The number of aromatic nitrogens is 2. The number of hydrogen-bond donors (Lipinski definition) is 0. The van der Waals surface area contributed by atoms with Crippen molar-refractivity contribution in [3.8, 4) is 0 Å². The zero-order valence-corrected chi connectivity index (χ0v) is 9.40. The molecule has 0 atom stereocenters. The number of hydrogen-bond acceptors (Lipinski definition) is 1. The van der Waals surface area contributed by atoms with Crippen molar-refractivity contribution in [2.24, 2.45) is 0 Å². The fourth-order valence-electron chi connectivity index (χ4n) is 1.02. The van der Waals surface area contributed by atoms with Gasteiger partial charge >= 0.3 is 0 Å². The van der Waals surface area contributed by atoms with E-state index in [9.17, 15) is 0 Å². The van der Waals surface area contributed by atoms with Gasteiger partial charge in [-0.15, -0.1) is 0 Å². The highest BCUT2D eigenvalue weighted by molar-refractivity contribution is 4.73. The molecule has 0 bridgehead atoms. The van der Waals surface area contributed by atoms with Crippen LogP contribution in [0.25, 0.3) is 0 Å². The molecule has 13 heavy (non-hydrogen) atoms. The quantitative estimate of drug-likeness (QED) is 0.419. The van der Waals surface area contributed by atoms with Crippen molar-refractivity contribution in [2.75, 3.05) is 13.7 Å². The summed E-state index contributed by atoms with van der Waals surface area (Å²) in [5.74, 6) is 0. The summed E-state index contributed by atoms with van der Waals surface area (Å²) < 4.78 is 9.13. The lowest BCUT2D eigenvalue weighted by Crippen LogP contribution is -3.00. The lowest BCUT2D eigenvalue weighted by molar-refractivity contribution is -0.697. The van der Waals surface area contributed by atoms with Crippen molar-refractivity contribution in [3.05, 3.63) is 31.4 Å². The first-order chi connectivity index (χ1) is 5.86. The number of ether oxygens (including phenoxy) is 1. The highest BCUT2D eigenvalue weighted by Crippen LogP contribution is 1.84. The summed E-state index contributed by atoms with van der Waals surface area (Å²) in [4.78, 5) is 0. The molecule has 0 amide bonds. The van der Waals surface area contributed by atoms with Crippen LogP contribution in [0.3, 0.4) is 0 Å². The number of methoxy groups -OCH3 is 1. The van der Waals surface area contributed by atoms with Crippen LogP contribution in [0.4, 0.5) is 0 Å². The van der Waals surface area contributed by atoms with Crippen LogP contribution in [-0.4, -0.2) is 18.3 Å². The molecule has 1 rings (SSSR count). The highest BCUT2D eigenvalue weighted by Gasteiger charge is 1.99. The van der Waals surface area contributed by atoms with Gasteiger partial charge in [-0.25, -0.2) is 9.13 Å². The Bertz CT molecular complexity index is 248. The van der Waals surface area contributed by atoms with E-state index < -0.39 is 0 Å². The van der Waals surface area contributed by atoms with Crippen LogP contribution < -0.4 is 21.5 Å². The van der Waals surface area contributed by atoms with Crippen LogP contribution in [0.15, 0.2) is 31.4 Å². The molecule has 0 saturated heterocycles. The van der Waals surface area contributed by atoms with Gasteiger partial charge in [0, 0.05) is 7.11 Å². The molecule has 74 valence electrons. The zero-order chi connectivity index (χ0) is 8.81. The molecule has 0 aliphatic rings. The summed E-state index contributed by atoms with van der Waals surface area (Å²) in [6.07, 6.45) is 7.97. The van der Waals surface area contributed by atoms with E-state index >= 15 is 0 Å². The number of allylic oxidation sites excluding steroid dienone is 1. The van der Waals surface area contributed by atoms with Crippen molar-refractivity contribution in [1.29, 1.82) is 0 Å². The molecule has 1 aromatic heterocycles. The molecule has 0 aliphatic heterocycles. The van der Waals surface area contributed by atoms with Gasteiger partial charge in [-0.2, -0.15) is 0 Å². The van der Waals surface area contributed by atoms with E-state index in [0.717, 1.165) is 19.7 Å². The van der Waals surface area contributed by atoms with Crippen LogP contribution >= 0.6 is 0 Å². The molecule has 0 aromatic carbocycles. The van der Waals surface area contributed by atoms with Crippen LogP contribution in [0.5, 0.6) is 0 Å². The second kappa shape index (κ2) is 6.86. The molecular formula is C9H15BrN2O. The summed E-state index contributed by atoms with van der Waals surface area (Å²) in [5.41, 5.74) is 0. The number of rotatable bonds is 5. The van der Waals surface area contributed by atoms with Gasteiger partial charge in [-0.1, -0.05) is 12.7 Å². The van der Waals surface area contributed by atoms with E-state index in [0.29, 0.717) is 0 Å². The highest BCUT2D eigenvalue weighted by atomic mass is 79.9. The van der Waals surface area contributed by atoms with E-state index in [1.165, 1.54) is 0 Å². The normalized spacial score (nSPS) is 9.31. The third kappa shape index (κ3) is 4.24. The van der Waals surface area contributed by atoms with Gasteiger partial charge in [-0.3, -0.25) is 0 Å². The molecule has 0 aliphatic carbocycles. The minimum Gasteiger partial charge on any atom is -1.00 e. The third-order valence-electron chi connectivity index (χ3n) is 1.64. The van der Waals surface area contributed by atoms with Crippen molar-refractivity contribution in [3.63, 3.8) is 0 Å². The van der Waals surface area contributed by atoms with Crippen molar-refractivity contribution < 1.29 is 26.3 Å². The average Bonchev–Trinajstić information content (AvgIpc) is 2.50. The molecule has 1 heterocycles. The van der Waals surface area contributed by atoms with Gasteiger partial charge in [0.15, 0.2) is 0 Å². The van der Waals surface area contributed by atoms with E-state index in [1.807, 2.05) is 24.8 Å². The maximum atomic E-state index is 4.96. The molecule has 0 radical (unpaired) electrons. The predicted molar refractivity (Wildman–Crippen MR) is 46.7 cm³/mol. The molecular weight excluding hydrogens is 232 g/mol. The second-order valence-corrected chi connectivity index (χ2v) is 2.63. The van der Waals surface area contributed by atoms with E-state index in [2.05, 4.69) is 15.7 Å². The third-order valence-corrected chi connectivity index (χ3v) is 1.64. The lowest BCUT2D eigenvalue weighted by atomic mass is 10.6. The largest absolute Gasteiger partial charge is 1.00 e. The van der Waals surface area contributed by atoms with Crippen molar-refractivity contribution in [1.82, 2.24) is 4.57 Å². The van der Waals surface area contributed by atoms with Gasteiger partial charge in [0.1, 0.15) is 25.5 Å². The standard InChI is InChI=1S/C9H15N2O.BrH/c1-3-4-10-5-6-11(9-10)7-8-12-2;/h3,5-6,9H,1,4,7-8H2,2H3;1H/q+1;/p-1. The molecule has 0 spiro atoms. The Kier molecular flexibility index (Phi) is 6.54. The Labute approximate surface area is 89.4 Å². The number of nitrogens with zero attached hydrogens (tertiary/aromatic N) is 2. The first-order valence-corrected chi connectivity index (χ1v) is 4.01. The summed E-state index contributed by atoms with van der Waals surface area (Å²) >= 11 is 0. The maximum Gasteiger partial charge on any atom is 0.244 e. The molecule has 3 nitrogen and oxygen atoms in total. The van der Waals surface area contributed by atoms with Gasteiger partial charge in [0.05, 0.1) is 6.61 Å². The fourth-order valence-corrected chi connectivity index (χ4v) is 1.02. The second-order valence-electron chi connectivity index (χ2n) is 2.63. The van der Waals surface area contributed by atoms with E-state index in [-0.39, 0.29) is 17.0 Å². The Morgan fingerprint density at radius 2 is 2.38 bits per heavy atom. The van der Waals surface area contributed by atoms with Crippen molar-refractivity contribution >= 4 is 0 Å². The minimum atomic E-state index is 0. The van der Waals surface area contributed by atoms with Gasteiger partial charge in [0.25, 0.3) is 0 Å². The van der Waals surface area contributed by atoms with Crippen molar-refractivity contribution in [2.45, 2.75) is 13.1 Å². The summed E-state index contributed by atoms with van der Waals surface area (Å²) in [5, 5.41) is 0. The van der Waals surface area contributed by atoms with E-state index in [4.69, 9.17) is 4.74 Å². The van der Waals surface area contributed by atoms with Crippen LogP contribution in [0, 0.1) is 0 Å². The predicted octanol–water partition coefficient (Wildman–Crippen LogP) is -2.39. The monoisotopic (exact) mass is 246 g/mol. The first kappa shape index (κ1) is 12.4. The Balaban J connectivity index is 0.00000144. The Hall–Kier alpha value is -0.610. The SMILES string of the molecule is C=CCn1cc[n+](CCOC)c1.[Br-]. The van der Waals surface area contributed by atoms with Crippen LogP contribution in [-0.2, 0) is 17.8 Å². The fraction of sp³-hybridized carbons (Fsp3) is 0.444. The molecule has 1 aromatic rings. The zero-order valence-electron chi connectivity index (χ0n) is 7.82. The van der Waals surface area contributed by atoms with Gasteiger partial charge in [-0.05, 0) is 0 Å². The summed E-state index contributed by atoms with van der Waals surface area (Å²) in [7, 11) is 1.71. The smallest absolute Gasteiger partial charge is 0.244 e. The molecule has 0 saturated carbocycles. The molecule has 4 heteroatoms. The number of halogens is 1. The Morgan fingerprint density at radius 1 is 1.62 bits per heavy atom. The molecule has 0 N–H and O–H groups in total. The van der Waals surface area contributed by atoms with Crippen LogP contribution in [0.1, 0.15) is 0 Å².